The summed E-state index contributed by atoms with van der Waals surface area (Å²) in [6.07, 6.45) is 0.942. The van der Waals surface area contributed by atoms with Gasteiger partial charge in [0.05, 0.1) is 44.0 Å². The first kappa shape index (κ1) is 31.2. The van der Waals surface area contributed by atoms with Crippen LogP contribution in [0.5, 0.6) is 0 Å². The summed E-state index contributed by atoms with van der Waals surface area (Å²) in [5.41, 5.74) is 1.24. The number of carbonyl (C=O) groups excluding carboxylic acids is 3. The molecule has 44 heavy (non-hydrogen) atoms. The highest BCUT2D eigenvalue weighted by molar-refractivity contribution is 6.71. The minimum Gasteiger partial charge on any atom is -0.432 e. The summed E-state index contributed by atoms with van der Waals surface area (Å²) in [4.78, 5) is 57.2. The van der Waals surface area contributed by atoms with Crippen molar-refractivity contribution in [2.45, 2.75) is 69.1 Å². The highest BCUT2D eigenvalue weighted by Gasteiger charge is 2.66. The number of nitrogens with zero attached hydrogens (tertiary/aromatic N) is 3. The first-order chi connectivity index (χ1) is 21.0. The van der Waals surface area contributed by atoms with Crippen LogP contribution in [-0.2, 0) is 31.3 Å². The third-order valence-corrected chi connectivity index (χ3v) is 12.6. The number of aliphatic hydroxyl groups excluding tert-OH is 1. The van der Waals surface area contributed by atoms with Gasteiger partial charge < -0.3 is 34.7 Å². The normalized spacial score (nSPS) is 28.8. The van der Waals surface area contributed by atoms with E-state index in [0.29, 0.717) is 35.9 Å². The van der Waals surface area contributed by atoms with Crippen LogP contribution in [0.2, 0.25) is 23.7 Å². The highest BCUT2D eigenvalue weighted by atomic mass is 35.5. The molecule has 2 aromatic rings. The summed E-state index contributed by atoms with van der Waals surface area (Å²) in [6, 6.07) is 12.8. The van der Waals surface area contributed by atoms with Gasteiger partial charge in [-0.15, -0.1) is 0 Å². The van der Waals surface area contributed by atoms with Gasteiger partial charge >= 0.3 is 0 Å². The second-order valence-electron chi connectivity index (χ2n) is 13.1. The Labute approximate surface area is 264 Å². The van der Waals surface area contributed by atoms with Crippen molar-refractivity contribution in [2.75, 3.05) is 42.6 Å². The van der Waals surface area contributed by atoms with Crippen molar-refractivity contribution in [2.24, 2.45) is 5.92 Å². The van der Waals surface area contributed by atoms with E-state index in [1.165, 1.54) is 0 Å². The first-order valence-electron chi connectivity index (χ1n) is 15.5. The minimum atomic E-state index is -2.95. The van der Waals surface area contributed by atoms with Crippen LogP contribution < -0.4 is 15.1 Å². The van der Waals surface area contributed by atoms with Crippen LogP contribution in [0.3, 0.4) is 0 Å². The lowest BCUT2D eigenvalue weighted by atomic mass is 9.82. The van der Waals surface area contributed by atoms with E-state index in [0.717, 1.165) is 30.6 Å². The zero-order chi connectivity index (χ0) is 31.4. The van der Waals surface area contributed by atoms with Crippen molar-refractivity contribution in [1.29, 1.82) is 0 Å². The van der Waals surface area contributed by atoms with Crippen LogP contribution in [0.25, 0.3) is 0 Å². The predicted octanol–water partition coefficient (Wildman–Crippen LogP) is 2.99. The number of ether oxygens (including phenoxy) is 1. The zero-order valence-electron chi connectivity index (χ0n) is 25.5. The molecule has 0 unspecified atom stereocenters. The van der Waals surface area contributed by atoms with E-state index in [4.69, 9.17) is 16.3 Å². The predicted molar refractivity (Wildman–Crippen MR) is 170 cm³/mol. The number of rotatable bonds is 7. The maximum absolute atomic E-state index is 14.6. The number of carbonyl (C=O) groups is 3. The van der Waals surface area contributed by atoms with Gasteiger partial charge in [-0.05, 0) is 61.8 Å². The molecule has 4 aliphatic rings. The van der Waals surface area contributed by atoms with E-state index < -0.39 is 31.5 Å². The fourth-order valence-corrected chi connectivity index (χ4v) is 10.6. The molecule has 0 aromatic heterocycles. The van der Waals surface area contributed by atoms with Gasteiger partial charge in [0.15, 0.2) is 13.9 Å². The van der Waals surface area contributed by atoms with Gasteiger partial charge in [-0.25, -0.2) is 0 Å². The molecule has 6 rings (SSSR count). The van der Waals surface area contributed by atoms with Crippen LogP contribution in [0.4, 0.5) is 11.4 Å². The Morgan fingerprint density at radius 2 is 1.91 bits per heavy atom. The molecule has 5 atom stereocenters. The smallest absolute Gasteiger partial charge is 0.264 e. The Morgan fingerprint density at radius 3 is 2.59 bits per heavy atom. The lowest BCUT2D eigenvalue weighted by Gasteiger charge is -2.33. The van der Waals surface area contributed by atoms with Crippen molar-refractivity contribution < 1.29 is 29.0 Å². The molecule has 2 aromatic carbocycles. The molecule has 236 valence electrons. The van der Waals surface area contributed by atoms with Gasteiger partial charge in [0.25, 0.3) is 5.91 Å². The average molecular weight is 641 g/mol. The SMILES string of the molecule is C[C@H]1[C@H]([Si](C)(C)O)[C@@H](CC(=O)N2CCC[C@H]2CO)O[C@]12C(=O)N(Cc1ccc(N3CCNCC3=O)cc1)c1ccc(Cl)cc12. The monoisotopic (exact) mass is 640 g/mol. The third-order valence-electron chi connectivity index (χ3n) is 9.91. The third kappa shape index (κ3) is 5.27. The number of fused-ring (bicyclic) bond motifs is 2. The molecule has 0 aliphatic carbocycles. The van der Waals surface area contributed by atoms with Gasteiger partial charge in [-0.1, -0.05) is 30.7 Å². The van der Waals surface area contributed by atoms with E-state index in [1.54, 1.807) is 26.8 Å². The quantitative estimate of drug-likeness (QED) is 0.398. The zero-order valence-corrected chi connectivity index (χ0v) is 27.2. The summed E-state index contributed by atoms with van der Waals surface area (Å²) in [6.45, 7) is 8.02. The fourth-order valence-electron chi connectivity index (χ4n) is 7.89. The van der Waals surface area contributed by atoms with Crippen molar-refractivity contribution in [3.63, 3.8) is 0 Å². The van der Waals surface area contributed by atoms with Crippen molar-refractivity contribution in [3.8, 4) is 0 Å². The number of hydrogen-bond acceptors (Lipinski definition) is 7. The second kappa shape index (κ2) is 11.8. The maximum atomic E-state index is 14.6. The van der Waals surface area contributed by atoms with Crippen LogP contribution in [-0.4, -0.2) is 85.8 Å². The number of halogens is 1. The Bertz CT molecular complexity index is 1450. The van der Waals surface area contributed by atoms with Gasteiger partial charge in [0, 0.05) is 47.4 Å². The summed E-state index contributed by atoms with van der Waals surface area (Å²) in [5, 5.41) is 13.4. The summed E-state index contributed by atoms with van der Waals surface area (Å²) in [5.74, 6) is -0.768. The molecule has 3 amide bonds. The molecule has 0 radical (unpaired) electrons. The molecule has 0 saturated carbocycles. The number of benzene rings is 2. The summed E-state index contributed by atoms with van der Waals surface area (Å²) >= 11 is 6.51. The van der Waals surface area contributed by atoms with Crippen molar-refractivity contribution in [1.82, 2.24) is 10.2 Å². The van der Waals surface area contributed by atoms with E-state index in [1.807, 2.05) is 50.3 Å². The number of nitrogens with one attached hydrogen (secondary N) is 1. The van der Waals surface area contributed by atoms with Crippen molar-refractivity contribution >= 4 is 49.0 Å². The van der Waals surface area contributed by atoms with Crippen LogP contribution in [0, 0.1) is 5.92 Å². The molecule has 3 N–H and O–H groups in total. The standard InChI is InChI=1S/C32H41ClN4O6Si/c1-20-30(44(2,3)42)27(16-28(39)35-13-4-5-24(35)19-38)43-32(20)25-15-22(33)8-11-26(25)37(31(32)41)18-21-6-9-23(10-7-21)36-14-12-34-17-29(36)40/h6-11,15,20,24,27,30,34,38,42H,4-5,12-14,16-19H2,1-3H3/t20-,24-,27+,30-,32+/m0/s1. The van der Waals surface area contributed by atoms with E-state index in [2.05, 4.69) is 5.32 Å². The van der Waals surface area contributed by atoms with Gasteiger partial charge in [0.1, 0.15) is 0 Å². The molecule has 10 nitrogen and oxygen atoms in total. The largest absolute Gasteiger partial charge is 0.432 e. The van der Waals surface area contributed by atoms with Crippen molar-refractivity contribution in [3.05, 3.63) is 58.6 Å². The molecule has 4 heterocycles. The summed E-state index contributed by atoms with van der Waals surface area (Å²) in [7, 11) is -2.95. The van der Waals surface area contributed by atoms with Gasteiger partial charge in [-0.2, -0.15) is 0 Å². The number of hydrogen-bond donors (Lipinski definition) is 3. The van der Waals surface area contributed by atoms with E-state index >= 15 is 0 Å². The average Bonchev–Trinajstić information content (AvgIpc) is 3.64. The maximum Gasteiger partial charge on any atom is 0.264 e. The lowest BCUT2D eigenvalue weighted by molar-refractivity contribution is -0.150. The summed E-state index contributed by atoms with van der Waals surface area (Å²) < 4.78 is 6.80. The number of piperazine rings is 1. The molecular formula is C32H41ClN4O6Si. The lowest BCUT2D eigenvalue weighted by Crippen LogP contribution is -2.48. The number of amides is 3. The van der Waals surface area contributed by atoms with E-state index in [-0.39, 0.29) is 43.3 Å². The van der Waals surface area contributed by atoms with Crippen LogP contribution >= 0.6 is 11.6 Å². The fraction of sp³-hybridized carbons (Fsp3) is 0.531. The number of likely N-dealkylation sites (tertiary alicyclic amines) is 1. The molecule has 3 saturated heterocycles. The molecule has 4 aliphatic heterocycles. The number of aliphatic hydroxyl groups is 1. The van der Waals surface area contributed by atoms with Gasteiger partial charge in [0.2, 0.25) is 11.8 Å². The Kier molecular flexibility index (Phi) is 8.40. The molecule has 1 spiro atoms. The molecule has 12 heteroatoms. The second-order valence-corrected chi connectivity index (χ2v) is 17.5. The van der Waals surface area contributed by atoms with Gasteiger partial charge in [-0.3, -0.25) is 14.4 Å². The molecule has 3 fully saturated rings. The Morgan fingerprint density at radius 1 is 1.16 bits per heavy atom. The van der Waals surface area contributed by atoms with Crippen LogP contribution in [0.15, 0.2) is 42.5 Å². The Hall–Kier alpha value is -2.80. The molecule has 0 bridgehead atoms. The highest BCUT2D eigenvalue weighted by Crippen LogP contribution is 2.60. The topological polar surface area (TPSA) is 123 Å². The number of anilines is 2. The minimum absolute atomic E-state index is 0.0217. The molecular weight excluding hydrogens is 600 g/mol. The van der Waals surface area contributed by atoms with E-state index in [9.17, 15) is 24.3 Å². The Balaban J connectivity index is 1.31. The first-order valence-corrected chi connectivity index (χ1v) is 18.9. The van der Waals surface area contributed by atoms with Crippen LogP contribution in [0.1, 0.15) is 37.3 Å².